The van der Waals surface area contributed by atoms with E-state index in [0.29, 0.717) is 6.04 Å². The van der Waals surface area contributed by atoms with Gasteiger partial charge in [-0.2, -0.15) is 0 Å². The first-order valence-corrected chi connectivity index (χ1v) is 6.99. The number of hydrogen-bond acceptors (Lipinski definition) is 2. The summed E-state index contributed by atoms with van der Waals surface area (Å²) in [7, 11) is 2.04. The van der Waals surface area contributed by atoms with Gasteiger partial charge in [-0.3, -0.25) is 4.98 Å². The van der Waals surface area contributed by atoms with E-state index >= 15 is 0 Å². The van der Waals surface area contributed by atoms with Crippen molar-refractivity contribution in [2.75, 3.05) is 7.05 Å². The van der Waals surface area contributed by atoms with Crippen LogP contribution in [0.4, 0.5) is 0 Å². The molecule has 1 aromatic heterocycles. The molecular weight excluding hydrogens is 232 g/mol. The van der Waals surface area contributed by atoms with Crippen molar-refractivity contribution in [1.82, 2.24) is 10.3 Å². The van der Waals surface area contributed by atoms with E-state index in [1.807, 2.05) is 19.4 Å². The SMILES string of the molecule is CCc1cnccc1C(CCc1ccccc1)NC. The molecule has 2 rings (SSSR count). The van der Waals surface area contributed by atoms with Crippen molar-refractivity contribution in [2.24, 2.45) is 0 Å². The van der Waals surface area contributed by atoms with Gasteiger partial charge in [0, 0.05) is 18.4 Å². The van der Waals surface area contributed by atoms with E-state index in [1.54, 1.807) is 0 Å². The van der Waals surface area contributed by atoms with Gasteiger partial charge in [0.2, 0.25) is 0 Å². The molecule has 0 amide bonds. The first kappa shape index (κ1) is 13.8. The number of pyridine rings is 1. The third kappa shape index (κ3) is 3.65. The summed E-state index contributed by atoms with van der Waals surface area (Å²) in [6.07, 6.45) is 7.12. The zero-order valence-corrected chi connectivity index (χ0v) is 11.8. The standard InChI is InChI=1S/C17H22N2/c1-3-15-13-19-12-11-16(15)17(18-2)10-9-14-7-5-4-6-8-14/h4-8,11-13,17-18H,3,9-10H2,1-2H3. The average molecular weight is 254 g/mol. The first-order chi connectivity index (χ1) is 9.35. The van der Waals surface area contributed by atoms with Crippen LogP contribution in [0.25, 0.3) is 0 Å². The van der Waals surface area contributed by atoms with E-state index in [9.17, 15) is 0 Å². The Morgan fingerprint density at radius 1 is 1.16 bits per heavy atom. The molecule has 0 bridgehead atoms. The van der Waals surface area contributed by atoms with Gasteiger partial charge >= 0.3 is 0 Å². The van der Waals surface area contributed by atoms with Crippen molar-refractivity contribution in [1.29, 1.82) is 0 Å². The molecule has 100 valence electrons. The molecule has 2 nitrogen and oxygen atoms in total. The van der Waals surface area contributed by atoms with Crippen LogP contribution in [0.5, 0.6) is 0 Å². The highest BCUT2D eigenvalue weighted by Crippen LogP contribution is 2.22. The van der Waals surface area contributed by atoms with Gasteiger partial charge in [-0.15, -0.1) is 0 Å². The summed E-state index contributed by atoms with van der Waals surface area (Å²) in [4.78, 5) is 4.22. The fraction of sp³-hybridized carbons (Fsp3) is 0.353. The molecule has 1 unspecified atom stereocenters. The number of aromatic nitrogens is 1. The molecule has 0 saturated carbocycles. The van der Waals surface area contributed by atoms with E-state index in [2.05, 4.69) is 53.6 Å². The second kappa shape index (κ2) is 7.05. The minimum Gasteiger partial charge on any atom is -0.313 e. The third-order valence-corrected chi connectivity index (χ3v) is 3.61. The Morgan fingerprint density at radius 3 is 2.63 bits per heavy atom. The van der Waals surface area contributed by atoms with Crippen LogP contribution in [0.15, 0.2) is 48.8 Å². The van der Waals surface area contributed by atoms with Crippen LogP contribution in [-0.4, -0.2) is 12.0 Å². The van der Waals surface area contributed by atoms with Crippen molar-refractivity contribution < 1.29 is 0 Å². The molecule has 0 aliphatic rings. The van der Waals surface area contributed by atoms with Crippen LogP contribution in [0.2, 0.25) is 0 Å². The van der Waals surface area contributed by atoms with E-state index in [4.69, 9.17) is 0 Å². The lowest BCUT2D eigenvalue weighted by Crippen LogP contribution is -2.18. The van der Waals surface area contributed by atoms with Gasteiger partial charge in [0.05, 0.1) is 0 Å². The Bertz CT molecular complexity index is 494. The van der Waals surface area contributed by atoms with E-state index in [1.165, 1.54) is 16.7 Å². The molecule has 0 spiro atoms. The quantitative estimate of drug-likeness (QED) is 0.853. The highest BCUT2D eigenvalue weighted by molar-refractivity contribution is 5.27. The summed E-state index contributed by atoms with van der Waals surface area (Å²) in [5.41, 5.74) is 4.13. The lowest BCUT2D eigenvalue weighted by Gasteiger charge is -2.19. The van der Waals surface area contributed by atoms with Gasteiger partial charge in [0.15, 0.2) is 0 Å². The Kier molecular flexibility index (Phi) is 5.10. The highest BCUT2D eigenvalue weighted by atomic mass is 14.9. The average Bonchev–Trinajstić information content (AvgIpc) is 2.49. The Balaban J connectivity index is 2.08. The summed E-state index contributed by atoms with van der Waals surface area (Å²) in [5, 5.41) is 3.44. The molecule has 1 N–H and O–H groups in total. The Labute approximate surface area is 115 Å². The lowest BCUT2D eigenvalue weighted by atomic mass is 9.95. The van der Waals surface area contributed by atoms with Gasteiger partial charge in [-0.25, -0.2) is 0 Å². The minimum absolute atomic E-state index is 0.401. The molecule has 2 aromatic rings. The van der Waals surface area contributed by atoms with Crippen LogP contribution >= 0.6 is 0 Å². The summed E-state index contributed by atoms with van der Waals surface area (Å²) in [5.74, 6) is 0. The fourth-order valence-electron chi connectivity index (χ4n) is 2.48. The predicted octanol–water partition coefficient (Wildman–Crippen LogP) is 3.54. The number of rotatable bonds is 6. The first-order valence-electron chi connectivity index (χ1n) is 6.99. The van der Waals surface area contributed by atoms with Crippen LogP contribution in [-0.2, 0) is 12.8 Å². The largest absolute Gasteiger partial charge is 0.313 e. The van der Waals surface area contributed by atoms with E-state index in [-0.39, 0.29) is 0 Å². The Morgan fingerprint density at radius 2 is 1.95 bits per heavy atom. The minimum atomic E-state index is 0.401. The molecule has 1 atom stereocenters. The third-order valence-electron chi connectivity index (χ3n) is 3.61. The van der Waals surface area contributed by atoms with Crippen LogP contribution in [0.1, 0.15) is 36.1 Å². The number of nitrogens with zero attached hydrogens (tertiary/aromatic N) is 1. The summed E-state index contributed by atoms with van der Waals surface area (Å²) in [6, 6.07) is 13.2. The van der Waals surface area contributed by atoms with E-state index in [0.717, 1.165) is 19.3 Å². The molecule has 0 aliphatic heterocycles. The number of nitrogens with one attached hydrogen (secondary N) is 1. The van der Waals surface area contributed by atoms with Crippen molar-refractivity contribution >= 4 is 0 Å². The molecule has 0 aliphatic carbocycles. The molecule has 0 saturated heterocycles. The molecule has 0 fully saturated rings. The van der Waals surface area contributed by atoms with Gasteiger partial charge in [0.1, 0.15) is 0 Å². The van der Waals surface area contributed by atoms with Crippen molar-refractivity contribution in [3.8, 4) is 0 Å². The summed E-state index contributed by atoms with van der Waals surface area (Å²) in [6.45, 7) is 2.18. The normalized spacial score (nSPS) is 12.3. The summed E-state index contributed by atoms with van der Waals surface area (Å²) < 4.78 is 0. The maximum absolute atomic E-state index is 4.22. The number of hydrogen-bond donors (Lipinski definition) is 1. The molecule has 1 heterocycles. The zero-order chi connectivity index (χ0) is 13.5. The number of benzene rings is 1. The smallest absolute Gasteiger partial charge is 0.0324 e. The molecular formula is C17H22N2. The molecule has 19 heavy (non-hydrogen) atoms. The maximum atomic E-state index is 4.22. The second-order valence-corrected chi connectivity index (χ2v) is 4.79. The molecule has 0 radical (unpaired) electrons. The van der Waals surface area contributed by atoms with Gasteiger partial charge in [0.25, 0.3) is 0 Å². The van der Waals surface area contributed by atoms with Crippen LogP contribution in [0.3, 0.4) is 0 Å². The van der Waals surface area contributed by atoms with Gasteiger partial charge < -0.3 is 5.32 Å². The lowest BCUT2D eigenvalue weighted by molar-refractivity contribution is 0.544. The molecule has 2 heteroatoms. The Hall–Kier alpha value is -1.67. The second-order valence-electron chi connectivity index (χ2n) is 4.79. The van der Waals surface area contributed by atoms with E-state index < -0.39 is 0 Å². The van der Waals surface area contributed by atoms with Crippen LogP contribution in [0, 0.1) is 0 Å². The molecule has 1 aromatic carbocycles. The van der Waals surface area contributed by atoms with Gasteiger partial charge in [-0.1, -0.05) is 37.3 Å². The van der Waals surface area contributed by atoms with Gasteiger partial charge in [-0.05, 0) is 49.1 Å². The predicted molar refractivity (Wildman–Crippen MR) is 80.2 cm³/mol. The van der Waals surface area contributed by atoms with Crippen molar-refractivity contribution in [3.63, 3.8) is 0 Å². The fourth-order valence-corrected chi connectivity index (χ4v) is 2.48. The summed E-state index contributed by atoms with van der Waals surface area (Å²) >= 11 is 0. The van der Waals surface area contributed by atoms with Crippen molar-refractivity contribution in [3.05, 3.63) is 65.5 Å². The van der Waals surface area contributed by atoms with Crippen LogP contribution < -0.4 is 5.32 Å². The highest BCUT2D eigenvalue weighted by Gasteiger charge is 2.12. The maximum Gasteiger partial charge on any atom is 0.0324 e. The topological polar surface area (TPSA) is 24.9 Å². The van der Waals surface area contributed by atoms with Crippen molar-refractivity contribution in [2.45, 2.75) is 32.2 Å². The monoisotopic (exact) mass is 254 g/mol. The number of aryl methyl sites for hydroxylation is 2. The zero-order valence-electron chi connectivity index (χ0n) is 11.8.